The van der Waals surface area contributed by atoms with E-state index in [9.17, 15) is 14.4 Å². The van der Waals surface area contributed by atoms with Gasteiger partial charge in [0.25, 0.3) is 5.91 Å². The number of benzene rings is 1. The Morgan fingerprint density at radius 1 is 1.17 bits per heavy atom. The van der Waals surface area contributed by atoms with Crippen molar-refractivity contribution in [1.82, 2.24) is 4.57 Å². The van der Waals surface area contributed by atoms with E-state index in [0.717, 1.165) is 5.56 Å². The number of aryl methyl sites for hydroxylation is 2. The number of ketones is 1. The summed E-state index contributed by atoms with van der Waals surface area (Å²) in [6.07, 6.45) is 1.55. The van der Waals surface area contributed by atoms with Crippen LogP contribution >= 0.6 is 0 Å². The summed E-state index contributed by atoms with van der Waals surface area (Å²) in [5.74, 6) is -1.22. The monoisotopic (exact) mass is 314 g/mol. The standard InChI is InChI=1S/C17H18N2O4/c1-11-4-6-14(7-5-11)18-16(21)10-23-17(22)15-8-13(12(2)20)9-19(15)3/h4-9H,10H2,1-3H3,(H,18,21). The summed E-state index contributed by atoms with van der Waals surface area (Å²) < 4.78 is 6.47. The first-order chi connectivity index (χ1) is 10.9. The predicted molar refractivity (Wildman–Crippen MR) is 85.5 cm³/mol. The summed E-state index contributed by atoms with van der Waals surface area (Å²) in [4.78, 5) is 35.0. The number of ether oxygens (including phenoxy) is 1. The Kier molecular flexibility index (Phi) is 4.95. The van der Waals surface area contributed by atoms with Gasteiger partial charge < -0.3 is 14.6 Å². The molecule has 120 valence electrons. The van der Waals surface area contributed by atoms with Gasteiger partial charge >= 0.3 is 5.97 Å². The van der Waals surface area contributed by atoms with Gasteiger partial charge in [-0.05, 0) is 32.0 Å². The number of carbonyl (C=O) groups excluding carboxylic acids is 3. The van der Waals surface area contributed by atoms with Crippen molar-refractivity contribution in [2.45, 2.75) is 13.8 Å². The van der Waals surface area contributed by atoms with Crippen LogP contribution in [0.25, 0.3) is 0 Å². The van der Waals surface area contributed by atoms with Crippen molar-refractivity contribution in [2.24, 2.45) is 7.05 Å². The molecule has 1 aromatic heterocycles. The van der Waals surface area contributed by atoms with Crippen LogP contribution in [0.1, 0.15) is 33.3 Å². The topological polar surface area (TPSA) is 77.4 Å². The molecule has 0 radical (unpaired) electrons. The quantitative estimate of drug-likeness (QED) is 0.679. The molecule has 0 saturated heterocycles. The Labute approximate surface area is 134 Å². The molecule has 0 saturated carbocycles. The molecule has 0 aliphatic carbocycles. The first-order valence-electron chi connectivity index (χ1n) is 7.08. The average Bonchev–Trinajstić information content (AvgIpc) is 2.89. The lowest BCUT2D eigenvalue weighted by atomic mass is 10.2. The van der Waals surface area contributed by atoms with Crippen LogP contribution in [-0.2, 0) is 16.6 Å². The molecule has 6 nitrogen and oxygen atoms in total. The molecule has 0 fully saturated rings. The van der Waals surface area contributed by atoms with E-state index in [4.69, 9.17) is 4.74 Å². The second-order valence-electron chi connectivity index (χ2n) is 5.27. The van der Waals surface area contributed by atoms with Gasteiger partial charge in [0, 0.05) is 24.5 Å². The summed E-state index contributed by atoms with van der Waals surface area (Å²) in [7, 11) is 1.63. The van der Waals surface area contributed by atoms with Gasteiger partial charge in [-0.1, -0.05) is 17.7 Å². The molecule has 1 heterocycles. The van der Waals surface area contributed by atoms with Gasteiger partial charge in [-0.3, -0.25) is 9.59 Å². The van der Waals surface area contributed by atoms with Crippen molar-refractivity contribution in [3.63, 3.8) is 0 Å². The van der Waals surface area contributed by atoms with Gasteiger partial charge in [0.15, 0.2) is 12.4 Å². The van der Waals surface area contributed by atoms with E-state index < -0.39 is 18.5 Å². The maximum Gasteiger partial charge on any atom is 0.355 e. The van der Waals surface area contributed by atoms with E-state index in [2.05, 4.69) is 5.32 Å². The van der Waals surface area contributed by atoms with Gasteiger partial charge in [0.2, 0.25) is 0 Å². The molecule has 0 aliphatic rings. The van der Waals surface area contributed by atoms with E-state index in [-0.39, 0.29) is 11.5 Å². The summed E-state index contributed by atoms with van der Waals surface area (Å²) in [5.41, 5.74) is 2.36. The van der Waals surface area contributed by atoms with E-state index >= 15 is 0 Å². The smallest absolute Gasteiger partial charge is 0.355 e. The maximum atomic E-state index is 12.0. The Morgan fingerprint density at radius 3 is 2.39 bits per heavy atom. The summed E-state index contributed by atoms with van der Waals surface area (Å²) in [5, 5.41) is 2.64. The highest BCUT2D eigenvalue weighted by atomic mass is 16.5. The fourth-order valence-corrected chi connectivity index (χ4v) is 2.00. The number of Topliss-reactive ketones (excluding diaryl/α,β-unsaturated/α-hetero) is 1. The zero-order valence-corrected chi connectivity index (χ0v) is 13.3. The molecule has 2 rings (SSSR count). The van der Waals surface area contributed by atoms with E-state index in [1.165, 1.54) is 17.6 Å². The van der Waals surface area contributed by atoms with Gasteiger partial charge in [0.1, 0.15) is 5.69 Å². The average molecular weight is 314 g/mol. The molecule has 2 aromatic rings. The van der Waals surface area contributed by atoms with Crippen LogP contribution in [0.4, 0.5) is 5.69 Å². The second kappa shape index (κ2) is 6.91. The zero-order valence-electron chi connectivity index (χ0n) is 13.3. The lowest BCUT2D eigenvalue weighted by Crippen LogP contribution is -2.21. The van der Waals surface area contributed by atoms with Crippen molar-refractivity contribution in [1.29, 1.82) is 0 Å². The van der Waals surface area contributed by atoms with Gasteiger partial charge in [0.05, 0.1) is 0 Å². The third-order valence-corrected chi connectivity index (χ3v) is 3.29. The minimum Gasteiger partial charge on any atom is -0.451 e. The Morgan fingerprint density at radius 2 is 1.83 bits per heavy atom. The molecule has 1 N–H and O–H groups in total. The van der Waals surface area contributed by atoms with Crippen LogP contribution < -0.4 is 5.32 Å². The van der Waals surface area contributed by atoms with E-state index in [0.29, 0.717) is 11.3 Å². The molecule has 0 unspecified atom stereocenters. The second-order valence-corrected chi connectivity index (χ2v) is 5.27. The number of hydrogen-bond acceptors (Lipinski definition) is 4. The van der Waals surface area contributed by atoms with Crippen LogP contribution in [0.5, 0.6) is 0 Å². The maximum absolute atomic E-state index is 12.0. The lowest BCUT2D eigenvalue weighted by Gasteiger charge is -2.07. The molecule has 1 amide bonds. The largest absolute Gasteiger partial charge is 0.451 e. The highest BCUT2D eigenvalue weighted by molar-refractivity contribution is 5.98. The third kappa shape index (κ3) is 4.29. The first kappa shape index (κ1) is 16.5. The SMILES string of the molecule is CC(=O)c1cc(C(=O)OCC(=O)Nc2ccc(C)cc2)n(C)c1. The molecular formula is C17H18N2O4. The number of rotatable bonds is 5. The number of nitrogens with one attached hydrogen (secondary N) is 1. The lowest BCUT2D eigenvalue weighted by molar-refractivity contribution is -0.119. The number of nitrogens with zero attached hydrogens (tertiary/aromatic N) is 1. The number of aromatic nitrogens is 1. The van der Waals surface area contributed by atoms with Gasteiger partial charge in [-0.2, -0.15) is 0 Å². The molecule has 0 atom stereocenters. The number of hydrogen-bond donors (Lipinski definition) is 1. The van der Waals surface area contributed by atoms with Crippen molar-refractivity contribution in [3.05, 3.63) is 53.3 Å². The van der Waals surface area contributed by atoms with Crippen LogP contribution in [0.2, 0.25) is 0 Å². The van der Waals surface area contributed by atoms with Gasteiger partial charge in [-0.15, -0.1) is 0 Å². The predicted octanol–water partition coefficient (Wildman–Crippen LogP) is 2.33. The fourth-order valence-electron chi connectivity index (χ4n) is 2.00. The van der Waals surface area contributed by atoms with Crippen LogP contribution in [0, 0.1) is 6.92 Å². The van der Waals surface area contributed by atoms with Crippen molar-refractivity contribution in [3.8, 4) is 0 Å². The van der Waals surface area contributed by atoms with E-state index in [1.54, 1.807) is 25.4 Å². The highest BCUT2D eigenvalue weighted by Crippen LogP contribution is 2.10. The third-order valence-electron chi connectivity index (χ3n) is 3.29. The van der Waals surface area contributed by atoms with Crippen molar-refractivity contribution in [2.75, 3.05) is 11.9 Å². The number of esters is 1. The molecule has 0 bridgehead atoms. The molecule has 1 aromatic carbocycles. The number of amides is 1. The summed E-state index contributed by atoms with van der Waals surface area (Å²) in [6.45, 7) is 2.97. The minimum atomic E-state index is -0.654. The molecule has 0 spiro atoms. The fraction of sp³-hybridized carbons (Fsp3) is 0.235. The molecule has 23 heavy (non-hydrogen) atoms. The highest BCUT2D eigenvalue weighted by Gasteiger charge is 2.16. The van der Waals surface area contributed by atoms with E-state index in [1.807, 2.05) is 19.1 Å². The summed E-state index contributed by atoms with van der Waals surface area (Å²) in [6, 6.07) is 8.73. The van der Waals surface area contributed by atoms with Gasteiger partial charge in [-0.25, -0.2) is 4.79 Å². The normalized spacial score (nSPS) is 10.2. The van der Waals surface area contributed by atoms with Crippen LogP contribution in [-0.4, -0.2) is 28.8 Å². The Balaban J connectivity index is 1.92. The Bertz CT molecular complexity index is 744. The number of carbonyl (C=O) groups is 3. The minimum absolute atomic E-state index is 0.142. The Hall–Kier alpha value is -2.89. The zero-order chi connectivity index (χ0) is 17.0. The van der Waals surface area contributed by atoms with Crippen molar-refractivity contribution < 1.29 is 19.1 Å². The van der Waals surface area contributed by atoms with Crippen molar-refractivity contribution >= 4 is 23.3 Å². The number of anilines is 1. The van der Waals surface area contributed by atoms with Crippen LogP contribution in [0.3, 0.4) is 0 Å². The molecular weight excluding hydrogens is 296 g/mol. The summed E-state index contributed by atoms with van der Waals surface area (Å²) >= 11 is 0. The molecule has 6 heteroatoms. The molecule has 0 aliphatic heterocycles. The van der Waals surface area contributed by atoms with Crippen LogP contribution in [0.15, 0.2) is 36.5 Å². The first-order valence-corrected chi connectivity index (χ1v) is 7.08.